The Morgan fingerprint density at radius 3 is 2.50 bits per heavy atom. The number of rotatable bonds is 8. The Balaban J connectivity index is 3.09. The third-order valence-corrected chi connectivity index (χ3v) is 3.16. The van der Waals surface area contributed by atoms with Gasteiger partial charge < -0.3 is 15.7 Å². The predicted octanol–water partition coefficient (Wildman–Crippen LogP) is 2.26. The van der Waals surface area contributed by atoms with E-state index in [1.807, 2.05) is 13.8 Å². The van der Waals surface area contributed by atoms with Crippen molar-refractivity contribution in [1.29, 1.82) is 0 Å². The maximum atomic E-state index is 8.97. The van der Waals surface area contributed by atoms with Crippen LogP contribution < -0.4 is 10.5 Å². The number of hydrogen-bond acceptors (Lipinski definition) is 5. The van der Waals surface area contributed by atoms with E-state index < -0.39 is 0 Å². The van der Waals surface area contributed by atoms with Gasteiger partial charge in [0.25, 0.3) is 0 Å². The monoisotopic (exact) mass is 280 g/mol. The number of oxime groups is 1. The molecule has 0 aromatic carbocycles. The van der Waals surface area contributed by atoms with Crippen molar-refractivity contribution in [1.82, 2.24) is 10.2 Å². The molecule has 0 amide bonds. The van der Waals surface area contributed by atoms with E-state index in [-0.39, 0.29) is 5.84 Å². The average Bonchev–Trinajstić information content (AvgIpc) is 2.49. The Morgan fingerprint density at radius 2 is 1.95 bits per heavy atom. The molecule has 1 aromatic rings. The summed E-state index contributed by atoms with van der Waals surface area (Å²) in [6.45, 7) is 6.70. The minimum atomic E-state index is 0.0249. The lowest BCUT2D eigenvalue weighted by Gasteiger charge is -2.14. The summed E-state index contributed by atoms with van der Waals surface area (Å²) in [4.78, 5) is 0. The Hall–Kier alpha value is -1.85. The second kappa shape index (κ2) is 8.35. The molecule has 0 aliphatic rings. The van der Waals surface area contributed by atoms with E-state index in [1.165, 1.54) is 0 Å². The van der Waals surface area contributed by atoms with E-state index in [4.69, 9.17) is 15.7 Å². The quantitative estimate of drug-likeness (QED) is 0.250. The molecule has 0 saturated heterocycles. The molecule has 6 nitrogen and oxygen atoms in total. The fourth-order valence-corrected chi connectivity index (χ4v) is 2.09. The largest absolute Gasteiger partial charge is 0.476 e. The SMILES string of the molecule is CCCCCOc1nnc(CC)c(CC)c1C(N)=NO. The summed E-state index contributed by atoms with van der Waals surface area (Å²) in [5.41, 5.74) is 8.14. The van der Waals surface area contributed by atoms with E-state index in [2.05, 4.69) is 22.3 Å². The lowest BCUT2D eigenvalue weighted by atomic mass is 10.0. The standard InChI is InChI=1S/C14H24N4O2/c1-4-7-8-9-20-14-12(13(15)18-19)10(5-2)11(6-3)16-17-14/h19H,4-9H2,1-3H3,(H2,15,18). The number of nitrogens with two attached hydrogens (primary N) is 1. The van der Waals surface area contributed by atoms with Crippen LogP contribution in [0, 0.1) is 0 Å². The van der Waals surface area contributed by atoms with Gasteiger partial charge in [0.1, 0.15) is 0 Å². The van der Waals surface area contributed by atoms with Gasteiger partial charge in [-0.2, -0.15) is 5.10 Å². The second-order valence-electron chi connectivity index (χ2n) is 4.55. The zero-order valence-electron chi connectivity index (χ0n) is 12.5. The van der Waals surface area contributed by atoms with Crippen LogP contribution in [0.4, 0.5) is 0 Å². The molecule has 0 aliphatic heterocycles. The van der Waals surface area contributed by atoms with Crippen LogP contribution >= 0.6 is 0 Å². The lowest BCUT2D eigenvalue weighted by molar-refractivity contribution is 0.288. The number of aryl methyl sites for hydroxylation is 1. The van der Waals surface area contributed by atoms with Crippen LogP contribution in [0.1, 0.15) is 56.9 Å². The predicted molar refractivity (Wildman–Crippen MR) is 78.3 cm³/mol. The van der Waals surface area contributed by atoms with Crippen molar-refractivity contribution in [3.8, 4) is 5.88 Å². The number of ether oxygens (including phenoxy) is 1. The Bertz CT molecular complexity index is 461. The highest BCUT2D eigenvalue weighted by Gasteiger charge is 2.19. The number of unbranched alkanes of at least 4 members (excludes halogenated alkanes) is 2. The fourth-order valence-electron chi connectivity index (χ4n) is 2.09. The number of hydrogen-bond donors (Lipinski definition) is 2. The van der Waals surface area contributed by atoms with Crippen LogP contribution in [0.3, 0.4) is 0 Å². The topological polar surface area (TPSA) is 93.6 Å². The van der Waals surface area contributed by atoms with E-state index in [0.29, 0.717) is 18.1 Å². The molecule has 112 valence electrons. The van der Waals surface area contributed by atoms with E-state index in [1.54, 1.807) is 0 Å². The van der Waals surface area contributed by atoms with Crippen molar-refractivity contribution in [2.75, 3.05) is 6.61 Å². The molecule has 0 atom stereocenters. The molecule has 0 aliphatic carbocycles. The lowest BCUT2D eigenvalue weighted by Crippen LogP contribution is -2.20. The third kappa shape index (κ3) is 3.82. The van der Waals surface area contributed by atoms with Gasteiger partial charge in [-0.15, -0.1) is 5.10 Å². The number of nitrogens with zero attached hydrogens (tertiary/aromatic N) is 3. The highest BCUT2D eigenvalue weighted by molar-refractivity contribution is 6.00. The smallest absolute Gasteiger partial charge is 0.244 e. The van der Waals surface area contributed by atoms with Crippen molar-refractivity contribution < 1.29 is 9.94 Å². The molecule has 0 bridgehead atoms. The summed E-state index contributed by atoms with van der Waals surface area (Å²) < 4.78 is 5.66. The van der Waals surface area contributed by atoms with Gasteiger partial charge in [0.15, 0.2) is 5.84 Å². The number of amidine groups is 1. The first-order valence-electron chi connectivity index (χ1n) is 7.18. The highest BCUT2D eigenvalue weighted by Crippen LogP contribution is 2.22. The Labute approximate surface area is 120 Å². The van der Waals surface area contributed by atoms with Crippen LogP contribution in [0.5, 0.6) is 5.88 Å². The summed E-state index contributed by atoms with van der Waals surface area (Å²) in [7, 11) is 0. The maximum Gasteiger partial charge on any atom is 0.244 e. The second-order valence-corrected chi connectivity index (χ2v) is 4.55. The summed E-state index contributed by atoms with van der Waals surface area (Å²) >= 11 is 0. The van der Waals surface area contributed by atoms with Crippen LogP contribution in [0.2, 0.25) is 0 Å². The van der Waals surface area contributed by atoms with Gasteiger partial charge in [0, 0.05) is 0 Å². The average molecular weight is 280 g/mol. The van der Waals surface area contributed by atoms with E-state index in [0.717, 1.165) is 43.4 Å². The van der Waals surface area contributed by atoms with Crippen LogP contribution in [-0.4, -0.2) is 27.8 Å². The zero-order valence-corrected chi connectivity index (χ0v) is 12.5. The first-order chi connectivity index (χ1) is 9.69. The third-order valence-electron chi connectivity index (χ3n) is 3.16. The summed E-state index contributed by atoms with van der Waals surface area (Å²) in [5.74, 6) is 0.377. The molecule has 6 heteroatoms. The molecule has 1 aromatic heterocycles. The zero-order chi connectivity index (χ0) is 15.0. The van der Waals surface area contributed by atoms with Gasteiger partial charge in [-0.1, -0.05) is 38.8 Å². The molecular formula is C14H24N4O2. The molecule has 0 radical (unpaired) electrons. The molecule has 20 heavy (non-hydrogen) atoms. The summed E-state index contributed by atoms with van der Waals surface area (Å²) in [6, 6.07) is 0. The van der Waals surface area contributed by atoms with Crippen molar-refractivity contribution in [3.05, 3.63) is 16.8 Å². The minimum absolute atomic E-state index is 0.0249. The Kier molecular flexibility index (Phi) is 6.76. The van der Waals surface area contributed by atoms with Gasteiger partial charge in [-0.25, -0.2) is 0 Å². The molecule has 0 unspecified atom stereocenters. The summed E-state index contributed by atoms with van der Waals surface area (Å²) in [5, 5.41) is 20.3. The fraction of sp³-hybridized carbons (Fsp3) is 0.643. The molecule has 3 N–H and O–H groups in total. The van der Waals surface area contributed by atoms with Gasteiger partial charge in [-0.3, -0.25) is 0 Å². The molecule has 1 heterocycles. The number of aromatic nitrogens is 2. The molecule has 1 rings (SSSR count). The van der Waals surface area contributed by atoms with Gasteiger partial charge in [-0.05, 0) is 24.8 Å². The van der Waals surface area contributed by atoms with Crippen LogP contribution in [-0.2, 0) is 12.8 Å². The molecule has 0 fully saturated rings. The van der Waals surface area contributed by atoms with E-state index in [9.17, 15) is 0 Å². The highest BCUT2D eigenvalue weighted by atomic mass is 16.5. The molecular weight excluding hydrogens is 256 g/mol. The van der Waals surface area contributed by atoms with Crippen LogP contribution in [0.25, 0.3) is 0 Å². The van der Waals surface area contributed by atoms with Crippen molar-refractivity contribution in [3.63, 3.8) is 0 Å². The Morgan fingerprint density at radius 1 is 1.20 bits per heavy atom. The van der Waals surface area contributed by atoms with Crippen LogP contribution in [0.15, 0.2) is 5.16 Å². The van der Waals surface area contributed by atoms with Crippen molar-refractivity contribution in [2.45, 2.75) is 52.9 Å². The van der Waals surface area contributed by atoms with Crippen molar-refractivity contribution in [2.24, 2.45) is 10.9 Å². The molecule has 0 saturated carbocycles. The first kappa shape index (κ1) is 16.2. The van der Waals surface area contributed by atoms with Crippen molar-refractivity contribution >= 4 is 5.84 Å². The van der Waals surface area contributed by atoms with Gasteiger partial charge in [0.05, 0.1) is 17.9 Å². The minimum Gasteiger partial charge on any atom is -0.476 e. The summed E-state index contributed by atoms with van der Waals surface area (Å²) in [6.07, 6.45) is 4.65. The van der Waals surface area contributed by atoms with E-state index >= 15 is 0 Å². The first-order valence-corrected chi connectivity index (χ1v) is 7.18. The molecule has 0 spiro atoms. The van der Waals surface area contributed by atoms with Gasteiger partial charge >= 0.3 is 0 Å². The normalized spacial score (nSPS) is 11.7. The van der Waals surface area contributed by atoms with Gasteiger partial charge in [0.2, 0.25) is 5.88 Å². The maximum absolute atomic E-state index is 8.97.